The van der Waals surface area contributed by atoms with Gasteiger partial charge in [0.1, 0.15) is 5.60 Å². The molecule has 0 spiro atoms. The first-order valence-corrected chi connectivity index (χ1v) is 7.08. The van der Waals surface area contributed by atoms with Crippen molar-refractivity contribution in [2.45, 2.75) is 71.0 Å². The Hall–Kier alpha value is -1.07. The van der Waals surface area contributed by atoms with Crippen molar-refractivity contribution in [1.29, 1.82) is 0 Å². The lowest BCUT2D eigenvalue weighted by molar-refractivity contribution is -0.280. The van der Waals surface area contributed by atoms with Crippen LogP contribution in [-0.4, -0.2) is 34.7 Å². The van der Waals surface area contributed by atoms with Crippen molar-refractivity contribution in [3.63, 3.8) is 0 Å². The summed E-state index contributed by atoms with van der Waals surface area (Å²) in [4.78, 5) is 11.8. The van der Waals surface area contributed by atoms with E-state index in [-0.39, 0.29) is 18.1 Å². The molecule has 1 rings (SSSR count). The van der Waals surface area contributed by atoms with Gasteiger partial charge in [-0.3, -0.25) is 0 Å². The number of ether oxygens (including phenoxy) is 2. The van der Waals surface area contributed by atoms with E-state index in [0.717, 1.165) is 0 Å². The molecule has 1 amide bonds. The molecule has 0 radical (unpaired) electrons. The normalized spacial score (nSPS) is 34.4. The van der Waals surface area contributed by atoms with Gasteiger partial charge in [0, 0.05) is 12.3 Å². The Kier molecular flexibility index (Phi) is 5.21. The maximum Gasteiger partial charge on any atom is 0.407 e. The van der Waals surface area contributed by atoms with Crippen molar-refractivity contribution in [2.24, 2.45) is 5.92 Å². The molecule has 2 unspecified atom stereocenters. The molecule has 5 nitrogen and oxygen atoms in total. The molecule has 0 aromatic heterocycles. The Morgan fingerprint density at radius 3 is 2.65 bits per heavy atom. The number of alkyl carbamates (subject to hydrolysis) is 1. The molecule has 116 valence electrons. The van der Waals surface area contributed by atoms with E-state index in [1.165, 1.54) is 0 Å². The topological polar surface area (TPSA) is 67.8 Å². The molecular formula is C15H27NO4. The van der Waals surface area contributed by atoms with Crippen LogP contribution in [0.3, 0.4) is 0 Å². The van der Waals surface area contributed by atoms with Crippen molar-refractivity contribution in [3.05, 3.63) is 12.7 Å². The van der Waals surface area contributed by atoms with Gasteiger partial charge in [0.05, 0.1) is 12.1 Å². The zero-order valence-electron chi connectivity index (χ0n) is 13.1. The molecular weight excluding hydrogens is 258 g/mol. The maximum atomic E-state index is 11.8. The van der Waals surface area contributed by atoms with Gasteiger partial charge in [-0.05, 0) is 34.1 Å². The van der Waals surface area contributed by atoms with Gasteiger partial charge in [-0.15, -0.1) is 6.58 Å². The highest BCUT2D eigenvalue weighted by Gasteiger charge is 2.44. The molecule has 1 saturated heterocycles. The summed E-state index contributed by atoms with van der Waals surface area (Å²) in [5.74, 6) is -1.30. The van der Waals surface area contributed by atoms with Gasteiger partial charge in [0.2, 0.25) is 0 Å². The van der Waals surface area contributed by atoms with Crippen LogP contribution in [0.4, 0.5) is 4.79 Å². The third-order valence-corrected chi connectivity index (χ3v) is 3.47. The average Bonchev–Trinajstić information content (AvgIpc) is 2.23. The number of rotatable bonds is 3. The quantitative estimate of drug-likeness (QED) is 0.782. The second kappa shape index (κ2) is 6.14. The number of carbonyl (C=O) groups excluding carboxylic acids is 1. The minimum Gasteiger partial charge on any atom is -0.444 e. The SMILES string of the molecule is C=CCC1(O)O[C@H](C)C(NC(=O)OC(C)(C)C)C[C@@H]1C. The summed E-state index contributed by atoms with van der Waals surface area (Å²) < 4.78 is 10.9. The van der Waals surface area contributed by atoms with E-state index in [4.69, 9.17) is 9.47 Å². The lowest BCUT2D eigenvalue weighted by atomic mass is 9.85. The van der Waals surface area contributed by atoms with Crippen LogP contribution in [0, 0.1) is 5.92 Å². The Morgan fingerprint density at radius 1 is 1.55 bits per heavy atom. The first kappa shape index (κ1) is 17.0. The third kappa shape index (κ3) is 4.49. The summed E-state index contributed by atoms with van der Waals surface area (Å²) in [6, 6.07) is -0.176. The zero-order valence-corrected chi connectivity index (χ0v) is 13.1. The third-order valence-electron chi connectivity index (χ3n) is 3.47. The van der Waals surface area contributed by atoms with Crippen LogP contribution in [-0.2, 0) is 9.47 Å². The van der Waals surface area contributed by atoms with Crippen LogP contribution in [0.25, 0.3) is 0 Å². The highest BCUT2D eigenvalue weighted by molar-refractivity contribution is 5.68. The van der Waals surface area contributed by atoms with E-state index in [0.29, 0.717) is 12.8 Å². The van der Waals surface area contributed by atoms with Crippen LogP contribution >= 0.6 is 0 Å². The van der Waals surface area contributed by atoms with Gasteiger partial charge in [0.15, 0.2) is 5.79 Å². The minimum atomic E-state index is -1.20. The van der Waals surface area contributed by atoms with Gasteiger partial charge < -0.3 is 19.9 Å². The first-order valence-electron chi connectivity index (χ1n) is 7.08. The van der Waals surface area contributed by atoms with Crippen molar-refractivity contribution in [1.82, 2.24) is 5.32 Å². The minimum absolute atomic E-state index is 0.100. The maximum absolute atomic E-state index is 11.8. The molecule has 1 aliphatic heterocycles. The van der Waals surface area contributed by atoms with E-state index in [9.17, 15) is 9.90 Å². The molecule has 20 heavy (non-hydrogen) atoms. The van der Waals surface area contributed by atoms with Crippen molar-refractivity contribution in [2.75, 3.05) is 0 Å². The van der Waals surface area contributed by atoms with Crippen molar-refractivity contribution in [3.8, 4) is 0 Å². The molecule has 5 heteroatoms. The standard InChI is InChI=1S/C15H27NO4/c1-7-8-15(18)10(2)9-12(11(3)19-15)16-13(17)20-14(4,5)6/h7,10-12,18H,1,8-9H2,2-6H3,(H,16,17)/t10-,11+,12?,15?/m0/s1. The molecule has 1 aliphatic rings. The highest BCUT2D eigenvalue weighted by atomic mass is 16.6. The van der Waals surface area contributed by atoms with Crippen molar-refractivity contribution < 1.29 is 19.4 Å². The molecule has 4 atom stereocenters. The fraction of sp³-hybridized carbons (Fsp3) is 0.800. The van der Waals surface area contributed by atoms with E-state index in [1.807, 2.05) is 34.6 Å². The number of nitrogens with one attached hydrogen (secondary N) is 1. The molecule has 0 aromatic rings. The molecule has 0 aromatic carbocycles. The van der Waals surface area contributed by atoms with E-state index < -0.39 is 17.5 Å². The second-order valence-corrected chi connectivity index (χ2v) is 6.55. The van der Waals surface area contributed by atoms with Crippen LogP contribution in [0.1, 0.15) is 47.5 Å². The summed E-state index contributed by atoms with van der Waals surface area (Å²) in [6.45, 7) is 12.8. The number of amides is 1. The van der Waals surface area contributed by atoms with E-state index in [2.05, 4.69) is 11.9 Å². The fourth-order valence-corrected chi connectivity index (χ4v) is 2.37. The van der Waals surface area contributed by atoms with Gasteiger partial charge in [0.25, 0.3) is 0 Å². The summed E-state index contributed by atoms with van der Waals surface area (Å²) in [6.07, 6.45) is 1.90. The lowest BCUT2D eigenvalue weighted by Crippen LogP contribution is -2.57. The summed E-state index contributed by atoms with van der Waals surface area (Å²) in [5.41, 5.74) is -0.530. The number of aliphatic hydroxyl groups is 1. The number of hydrogen-bond donors (Lipinski definition) is 2. The highest BCUT2D eigenvalue weighted by Crippen LogP contribution is 2.35. The summed E-state index contributed by atoms with van der Waals surface area (Å²) in [5, 5.41) is 13.2. The fourth-order valence-electron chi connectivity index (χ4n) is 2.37. The second-order valence-electron chi connectivity index (χ2n) is 6.55. The molecule has 0 bridgehead atoms. The monoisotopic (exact) mass is 285 g/mol. The van der Waals surface area contributed by atoms with E-state index in [1.54, 1.807) is 6.08 Å². The Morgan fingerprint density at radius 2 is 2.15 bits per heavy atom. The Bertz CT molecular complexity index is 363. The first-order chi connectivity index (χ1) is 9.07. The van der Waals surface area contributed by atoms with Crippen LogP contribution in [0.2, 0.25) is 0 Å². The van der Waals surface area contributed by atoms with Gasteiger partial charge in [-0.25, -0.2) is 4.79 Å². The largest absolute Gasteiger partial charge is 0.444 e. The Balaban J connectivity index is 2.63. The smallest absolute Gasteiger partial charge is 0.407 e. The molecule has 0 saturated carbocycles. The molecule has 0 aliphatic carbocycles. The Labute approximate surface area is 121 Å². The van der Waals surface area contributed by atoms with Gasteiger partial charge in [-0.2, -0.15) is 0 Å². The predicted octanol–water partition coefficient (Wildman–Crippen LogP) is 2.59. The van der Waals surface area contributed by atoms with Crippen LogP contribution in [0.5, 0.6) is 0 Å². The zero-order chi connectivity index (χ0) is 15.6. The molecule has 1 fully saturated rings. The molecule has 1 heterocycles. The summed E-state index contributed by atoms with van der Waals surface area (Å²) in [7, 11) is 0. The lowest BCUT2D eigenvalue weighted by Gasteiger charge is -2.44. The average molecular weight is 285 g/mol. The van der Waals surface area contributed by atoms with Gasteiger partial charge >= 0.3 is 6.09 Å². The van der Waals surface area contributed by atoms with Crippen LogP contribution < -0.4 is 5.32 Å². The van der Waals surface area contributed by atoms with Crippen molar-refractivity contribution >= 4 is 6.09 Å². The van der Waals surface area contributed by atoms with Crippen LogP contribution in [0.15, 0.2) is 12.7 Å². The predicted molar refractivity (Wildman–Crippen MR) is 77.2 cm³/mol. The van der Waals surface area contributed by atoms with E-state index >= 15 is 0 Å². The summed E-state index contributed by atoms with van der Waals surface area (Å²) >= 11 is 0. The number of hydrogen-bond acceptors (Lipinski definition) is 4. The number of carbonyl (C=O) groups is 1. The molecule has 2 N–H and O–H groups in total. The van der Waals surface area contributed by atoms with Gasteiger partial charge in [-0.1, -0.05) is 13.0 Å².